The van der Waals surface area contributed by atoms with Gasteiger partial charge in [-0.25, -0.2) is 12.8 Å². The van der Waals surface area contributed by atoms with Gasteiger partial charge in [-0.2, -0.15) is 0 Å². The third-order valence-electron chi connectivity index (χ3n) is 2.57. The summed E-state index contributed by atoms with van der Waals surface area (Å²) >= 11 is 0. The second-order valence-electron chi connectivity index (χ2n) is 4.02. The van der Waals surface area contributed by atoms with E-state index in [2.05, 4.69) is 4.72 Å². The number of benzene rings is 2. The van der Waals surface area contributed by atoms with Gasteiger partial charge in [-0.15, -0.1) is 0 Å². The minimum atomic E-state index is -3.91. The summed E-state index contributed by atoms with van der Waals surface area (Å²) in [5.74, 6) is -0.313. The van der Waals surface area contributed by atoms with Crippen LogP contribution in [0.1, 0.15) is 0 Å². The molecule has 0 aliphatic carbocycles. The summed E-state index contributed by atoms with van der Waals surface area (Å²) in [6.45, 7) is 0. The zero-order chi connectivity index (χ0) is 14.8. The fraction of sp³-hybridized carbons (Fsp3) is 0.0769. The Kier molecular flexibility index (Phi) is 3.80. The van der Waals surface area contributed by atoms with Crippen LogP contribution in [0.2, 0.25) is 0 Å². The van der Waals surface area contributed by atoms with E-state index in [-0.39, 0.29) is 10.6 Å². The minimum absolute atomic E-state index is 0.179. The maximum absolute atomic E-state index is 13.1. The number of anilines is 2. The Morgan fingerprint density at radius 1 is 1.20 bits per heavy atom. The fourth-order valence-corrected chi connectivity index (χ4v) is 2.74. The van der Waals surface area contributed by atoms with Crippen LogP contribution in [0.15, 0.2) is 47.4 Å². The van der Waals surface area contributed by atoms with Crippen LogP contribution in [0.3, 0.4) is 0 Å². The van der Waals surface area contributed by atoms with Crippen LogP contribution in [-0.2, 0) is 10.0 Å². The standard InChI is InChI=1S/C13H13FN2O3S/c1-19-13-6-5-10(15)8-12(13)16-20(17,18)11-4-2-3-9(14)7-11/h2-8,16H,15H2,1H3. The van der Waals surface area contributed by atoms with Crippen molar-refractivity contribution >= 4 is 21.4 Å². The smallest absolute Gasteiger partial charge is 0.262 e. The molecule has 2 aromatic rings. The van der Waals surface area contributed by atoms with Gasteiger partial charge in [-0.05, 0) is 36.4 Å². The van der Waals surface area contributed by atoms with Crippen LogP contribution in [0.4, 0.5) is 15.8 Å². The highest BCUT2D eigenvalue weighted by Gasteiger charge is 2.17. The molecule has 3 N–H and O–H groups in total. The predicted molar refractivity (Wildman–Crippen MR) is 74.6 cm³/mol. The molecule has 0 heterocycles. The van der Waals surface area contributed by atoms with E-state index in [1.54, 1.807) is 12.1 Å². The number of ether oxygens (including phenoxy) is 1. The average molecular weight is 296 g/mol. The lowest BCUT2D eigenvalue weighted by molar-refractivity contribution is 0.417. The number of sulfonamides is 1. The molecule has 0 aliphatic heterocycles. The lowest BCUT2D eigenvalue weighted by Crippen LogP contribution is -2.14. The molecular weight excluding hydrogens is 283 g/mol. The fourth-order valence-electron chi connectivity index (χ4n) is 1.64. The first kappa shape index (κ1) is 14.1. The van der Waals surface area contributed by atoms with Gasteiger partial charge in [-0.3, -0.25) is 4.72 Å². The molecule has 5 nitrogen and oxygen atoms in total. The van der Waals surface area contributed by atoms with Crippen LogP contribution in [-0.4, -0.2) is 15.5 Å². The van der Waals surface area contributed by atoms with Crippen LogP contribution >= 0.6 is 0 Å². The van der Waals surface area contributed by atoms with Gasteiger partial charge >= 0.3 is 0 Å². The zero-order valence-corrected chi connectivity index (χ0v) is 11.4. The summed E-state index contributed by atoms with van der Waals surface area (Å²) in [4.78, 5) is -0.179. The molecule has 20 heavy (non-hydrogen) atoms. The maximum Gasteiger partial charge on any atom is 0.262 e. The van der Waals surface area contributed by atoms with Gasteiger partial charge in [-0.1, -0.05) is 6.07 Å². The number of halogens is 1. The van der Waals surface area contributed by atoms with Crippen molar-refractivity contribution in [3.8, 4) is 5.75 Å². The number of nitrogens with two attached hydrogens (primary N) is 1. The van der Waals surface area contributed by atoms with E-state index < -0.39 is 15.8 Å². The Balaban J connectivity index is 2.40. The molecular formula is C13H13FN2O3S. The average Bonchev–Trinajstić information content (AvgIpc) is 2.38. The number of hydrogen-bond donors (Lipinski definition) is 2. The molecule has 0 atom stereocenters. The number of methoxy groups -OCH3 is 1. The Hall–Kier alpha value is -2.28. The molecule has 0 amide bonds. The highest BCUT2D eigenvalue weighted by Crippen LogP contribution is 2.28. The summed E-state index contributed by atoms with van der Waals surface area (Å²) < 4.78 is 44.8. The summed E-state index contributed by atoms with van der Waals surface area (Å²) in [7, 11) is -2.50. The molecule has 0 spiro atoms. The monoisotopic (exact) mass is 296 g/mol. The summed E-state index contributed by atoms with van der Waals surface area (Å²) in [5.41, 5.74) is 6.18. The first-order chi connectivity index (χ1) is 9.42. The highest BCUT2D eigenvalue weighted by molar-refractivity contribution is 7.92. The predicted octanol–water partition coefficient (Wildman–Crippen LogP) is 2.22. The van der Waals surface area contributed by atoms with E-state index in [9.17, 15) is 12.8 Å². The first-order valence-electron chi connectivity index (χ1n) is 5.64. The quantitative estimate of drug-likeness (QED) is 0.848. The van der Waals surface area contributed by atoms with Crippen molar-refractivity contribution in [2.75, 3.05) is 17.6 Å². The van der Waals surface area contributed by atoms with Crippen molar-refractivity contribution in [1.29, 1.82) is 0 Å². The first-order valence-corrected chi connectivity index (χ1v) is 7.12. The molecule has 106 valence electrons. The van der Waals surface area contributed by atoms with Crippen molar-refractivity contribution in [3.63, 3.8) is 0 Å². The topological polar surface area (TPSA) is 81.4 Å². The lowest BCUT2D eigenvalue weighted by Gasteiger charge is -2.12. The Morgan fingerprint density at radius 2 is 1.95 bits per heavy atom. The van der Waals surface area contributed by atoms with Gasteiger partial charge in [0.15, 0.2) is 0 Å². The van der Waals surface area contributed by atoms with E-state index in [1.807, 2.05) is 0 Å². The molecule has 7 heteroatoms. The van der Waals surface area contributed by atoms with E-state index in [4.69, 9.17) is 10.5 Å². The zero-order valence-electron chi connectivity index (χ0n) is 10.6. The van der Waals surface area contributed by atoms with Crippen molar-refractivity contribution < 1.29 is 17.5 Å². The number of nitrogens with one attached hydrogen (secondary N) is 1. The van der Waals surface area contributed by atoms with Gasteiger partial charge in [0, 0.05) is 5.69 Å². The normalized spacial score (nSPS) is 11.1. The summed E-state index contributed by atoms with van der Waals surface area (Å²) in [6.07, 6.45) is 0. The van der Waals surface area contributed by atoms with Crippen molar-refractivity contribution in [2.45, 2.75) is 4.90 Å². The van der Waals surface area contributed by atoms with E-state index in [0.717, 1.165) is 6.07 Å². The van der Waals surface area contributed by atoms with Gasteiger partial charge in [0.25, 0.3) is 10.0 Å². The molecule has 0 aromatic heterocycles. The van der Waals surface area contributed by atoms with Crippen LogP contribution < -0.4 is 15.2 Å². The second kappa shape index (κ2) is 5.38. The van der Waals surface area contributed by atoms with Gasteiger partial charge < -0.3 is 10.5 Å². The van der Waals surface area contributed by atoms with Crippen molar-refractivity contribution in [3.05, 3.63) is 48.3 Å². The Labute approximate surface area is 116 Å². The van der Waals surface area contributed by atoms with Crippen molar-refractivity contribution in [1.82, 2.24) is 0 Å². The molecule has 0 unspecified atom stereocenters. The summed E-state index contributed by atoms with van der Waals surface area (Å²) in [6, 6.07) is 9.26. The molecule has 0 bridgehead atoms. The molecule has 2 rings (SSSR count). The third-order valence-corrected chi connectivity index (χ3v) is 3.94. The Bertz CT molecular complexity index is 732. The molecule has 0 saturated carbocycles. The van der Waals surface area contributed by atoms with Crippen LogP contribution in [0, 0.1) is 5.82 Å². The van der Waals surface area contributed by atoms with Crippen molar-refractivity contribution in [2.24, 2.45) is 0 Å². The molecule has 2 aromatic carbocycles. The molecule has 0 fully saturated rings. The molecule has 0 aliphatic rings. The molecule has 0 saturated heterocycles. The van der Waals surface area contributed by atoms with Crippen LogP contribution in [0.5, 0.6) is 5.75 Å². The summed E-state index contributed by atoms with van der Waals surface area (Å²) in [5, 5.41) is 0. The second-order valence-corrected chi connectivity index (χ2v) is 5.70. The van der Waals surface area contributed by atoms with Crippen LogP contribution in [0.25, 0.3) is 0 Å². The van der Waals surface area contributed by atoms with Gasteiger partial charge in [0.05, 0.1) is 17.7 Å². The van der Waals surface area contributed by atoms with E-state index in [0.29, 0.717) is 11.4 Å². The minimum Gasteiger partial charge on any atom is -0.495 e. The Morgan fingerprint density at radius 3 is 2.60 bits per heavy atom. The largest absolute Gasteiger partial charge is 0.495 e. The maximum atomic E-state index is 13.1. The van der Waals surface area contributed by atoms with Gasteiger partial charge in [0.1, 0.15) is 11.6 Å². The van der Waals surface area contributed by atoms with Gasteiger partial charge in [0.2, 0.25) is 0 Å². The highest BCUT2D eigenvalue weighted by atomic mass is 32.2. The third kappa shape index (κ3) is 3.00. The number of rotatable bonds is 4. The lowest BCUT2D eigenvalue weighted by atomic mass is 10.2. The van der Waals surface area contributed by atoms with E-state index >= 15 is 0 Å². The molecule has 0 radical (unpaired) electrons. The number of hydrogen-bond acceptors (Lipinski definition) is 4. The number of nitrogen functional groups attached to an aromatic ring is 1. The van der Waals surface area contributed by atoms with E-state index in [1.165, 1.54) is 31.4 Å². The SMILES string of the molecule is COc1ccc(N)cc1NS(=O)(=O)c1cccc(F)c1.